The summed E-state index contributed by atoms with van der Waals surface area (Å²) >= 11 is 0. The standard InChI is InChI=1S/C20H25FN4O/c21-11-16-12-25(20(26)15-9-5-2-6-10-15)13-17(16)19-22-18(23-24-19)14-7-3-1-4-8-14/h1,3-4,7-8,15-17H,2,5-6,9-13H2,(H,22,23,24)/t16-,17-/m1/s1. The highest BCUT2D eigenvalue weighted by Crippen LogP contribution is 2.34. The van der Waals surface area contributed by atoms with Crippen molar-refractivity contribution in [2.75, 3.05) is 19.8 Å². The number of hydrogen-bond acceptors (Lipinski definition) is 3. The molecular weight excluding hydrogens is 331 g/mol. The van der Waals surface area contributed by atoms with Crippen LogP contribution in [0.4, 0.5) is 4.39 Å². The molecule has 2 atom stereocenters. The van der Waals surface area contributed by atoms with Gasteiger partial charge in [0.2, 0.25) is 5.91 Å². The maximum Gasteiger partial charge on any atom is 0.225 e. The molecule has 1 aromatic carbocycles. The molecule has 0 unspecified atom stereocenters. The maximum absolute atomic E-state index is 13.6. The second kappa shape index (κ2) is 7.56. The van der Waals surface area contributed by atoms with Crippen LogP contribution < -0.4 is 0 Å². The van der Waals surface area contributed by atoms with Crippen LogP contribution >= 0.6 is 0 Å². The van der Waals surface area contributed by atoms with E-state index in [1.54, 1.807) is 0 Å². The van der Waals surface area contributed by atoms with Crippen molar-refractivity contribution in [3.63, 3.8) is 0 Å². The fourth-order valence-electron chi connectivity index (χ4n) is 4.28. The fourth-order valence-corrected chi connectivity index (χ4v) is 4.28. The Bertz CT molecular complexity index is 741. The first-order valence-electron chi connectivity index (χ1n) is 9.58. The number of hydrogen-bond donors (Lipinski definition) is 1. The highest BCUT2D eigenvalue weighted by atomic mass is 19.1. The Kier molecular flexibility index (Phi) is 5.00. The fraction of sp³-hybridized carbons (Fsp3) is 0.550. The summed E-state index contributed by atoms with van der Waals surface area (Å²) in [5.74, 6) is 1.31. The van der Waals surface area contributed by atoms with Crippen LogP contribution in [0.3, 0.4) is 0 Å². The van der Waals surface area contributed by atoms with Gasteiger partial charge in [-0.3, -0.25) is 14.3 Å². The summed E-state index contributed by atoms with van der Waals surface area (Å²) in [6.07, 6.45) is 5.42. The van der Waals surface area contributed by atoms with Crippen LogP contribution in [0.25, 0.3) is 11.4 Å². The smallest absolute Gasteiger partial charge is 0.225 e. The molecule has 1 saturated carbocycles. The number of likely N-dealkylation sites (tertiary alicyclic amines) is 1. The third-order valence-electron chi connectivity index (χ3n) is 5.79. The SMILES string of the molecule is O=C(C1CCCCC1)N1C[C@@H](CF)[C@H](c2nc(-c3ccccc3)n[nH]2)C1. The van der Waals surface area contributed by atoms with Crippen molar-refractivity contribution in [2.24, 2.45) is 11.8 Å². The first kappa shape index (κ1) is 17.2. The molecule has 4 rings (SSSR count). The zero-order chi connectivity index (χ0) is 17.9. The van der Waals surface area contributed by atoms with Crippen molar-refractivity contribution in [3.05, 3.63) is 36.2 Å². The zero-order valence-electron chi connectivity index (χ0n) is 14.9. The molecule has 1 N–H and O–H groups in total. The van der Waals surface area contributed by atoms with Gasteiger partial charge in [0.25, 0.3) is 0 Å². The predicted octanol–water partition coefficient (Wildman–Crippen LogP) is 3.56. The third-order valence-corrected chi connectivity index (χ3v) is 5.79. The number of aromatic nitrogens is 3. The summed E-state index contributed by atoms with van der Waals surface area (Å²) < 4.78 is 13.6. The number of H-pyrrole nitrogens is 1. The van der Waals surface area contributed by atoms with Gasteiger partial charge in [-0.2, -0.15) is 5.10 Å². The third kappa shape index (κ3) is 3.37. The van der Waals surface area contributed by atoms with Gasteiger partial charge in [-0.25, -0.2) is 4.98 Å². The van der Waals surface area contributed by atoms with Crippen LogP contribution in [-0.4, -0.2) is 45.8 Å². The highest BCUT2D eigenvalue weighted by molar-refractivity contribution is 5.79. The lowest BCUT2D eigenvalue weighted by Gasteiger charge is -2.26. The number of amides is 1. The van der Waals surface area contributed by atoms with Gasteiger partial charge in [0.05, 0.1) is 6.67 Å². The quantitative estimate of drug-likeness (QED) is 0.911. The van der Waals surface area contributed by atoms with E-state index in [9.17, 15) is 9.18 Å². The Hall–Kier alpha value is -2.24. The van der Waals surface area contributed by atoms with Crippen molar-refractivity contribution < 1.29 is 9.18 Å². The van der Waals surface area contributed by atoms with Gasteiger partial charge in [0, 0.05) is 36.4 Å². The minimum Gasteiger partial charge on any atom is -0.341 e. The van der Waals surface area contributed by atoms with Crippen LogP contribution in [0, 0.1) is 11.8 Å². The Balaban J connectivity index is 1.49. The number of nitrogens with one attached hydrogen (secondary N) is 1. The van der Waals surface area contributed by atoms with E-state index in [-0.39, 0.29) is 23.7 Å². The number of carbonyl (C=O) groups is 1. The molecule has 1 aromatic heterocycles. The summed E-state index contributed by atoms with van der Waals surface area (Å²) in [6.45, 7) is 0.575. The molecule has 2 aliphatic rings. The molecule has 2 fully saturated rings. The highest BCUT2D eigenvalue weighted by Gasteiger charge is 2.40. The second-order valence-electron chi connectivity index (χ2n) is 7.51. The average molecular weight is 356 g/mol. The molecule has 6 heteroatoms. The molecule has 1 aliphatic carbocycles. The van der Waals surface area contributed by atoms with Crippen LogP contribution in [0.1, 0.15) is 43.8 Å². The monoisotopic (exact) mass is 356 g/mol. The number of rotatable bonds is 4. The molecule has 1 aliphatic heterocycles. The van der Waals surface area contributed by atoms with Crippen molar-refractivity contribution in [3.8, 4) is 11.4 Å². The molecule has 0 spiro atoms. The lowest BCUT2D eigenvalue weighted by molar-refractivity contribution is -0.135. The van der Waals surface area contributed by atoms with Crippen molar-refractivity contribution in [1.29, 1.82) is 0 Å². The van der Waals surface area contributed by atoms with Gasteiger partial charge in [0.1, 0.15) is 5.82 Å². The predicted molar refractivity (Wildman–Crippen MR) is 97.2 cm³/mol. The van der Waals surface area contributed by atoms with E-state index in [2.05, 4.69) is 15.2 Å². The van der Waals surface area contributed by atoms with E-state index < -0.39 is 6.67 Å². The van der Waals surface area contributed by atoms with E-state index in [0.717, 1.165) is 31.2 Å². The first-order chi connectivity index (χ1) is 12.8. The summed E-state index contributed by atoms with van der Waals surface area (Å²) in [4.78, 5) is 19.3. The lowest BCUT2D eigenvalue weighted by Crippen LogP contribution is -2.35. The molecular formula is C20H25FN4O. The van der Waals surface area contributed by atoms with Crippen LogP contribution in [-0.2, 0) is 4.79 Å². The van der Waals surface area contributed by atoms with Crippen molar-refractivity contribution in [2.45, 2.75) is 38.0 Å². The van der Waals surface area contributed by atoms with E-state index in [1.165, 1.54) is 6.42 Å². The summed E-state index contributed by atoms with van der Waals surface area (Å²) in [5.41, 5.74) is 0.930. The number of nitrogens with zero attached hydrogens (tertiary/aromatic N) is 3. The van der Waals surface area contributed by atoms with Crippen LogP contribution in [0.2, 0.25) is 0 Å². The van der Waals surface area contributed by atoms with Gasteiger partial charge in [-0.1, -0.05) is 49.6 Å². The zero-order valence-corrected chi connectivity index (χ0v) is 14.9. The topological polar surface area (TPSA) is 61.9 Å². The Labute approximate surface area is 153 Å². The van der Waals surface area contributed by atoms with Crippen LogP contribution in [0.15, 0.2) is 30.3 Å². The second-order valence-corrected chi connectivity index (χ2v) is 7.51. The number of benzene rings is 1. The summed E-state index contributed by atoms with van der Waals surface area (Å²) in [7, 11) is 0. The van der Waals surface area contributed by atoms with Gasteiger partial charge >= 0.3 is 0 Å². The van der Waals surface area contributed by atoms with Crippen molar-refractivity contribution in [1.82, 2.24) is 20.1 Å². The number of halogens is 1. The molecule has 26 heavy (non-hydrogen) atoms. The van der Waals surface area contributed by atoms with E-state index in [0.29, 0.717) is 24.7 Å². The molecule has 2 aromatic rings. The Morgan fingerprint density at radius 2 is 1.92 bits per heavy atom. The van der Waals surface area contributed by atoms with Gasteiger partial charge in [0.15, 0.2) is 5.82 Å². The molecule has 0 bridgehead atoms. The Morgan fingerprint density at radius 1 is 1.15 bits per heavy atom. The average Bonchev–Trinajstić information content (AvgIpc) is 3.35. The molecule has 2 heterocycles. The van der Waals surface area contributed by atoms with E-state index in [4.69, 9.17) is 0 Å². The molecule has 1 amide bonds. The molecule has 0 radical (unpaired) electrons. The Morgan fingerprint density at radius 3 is 2.65 bits per heavy atom. The number of carbonyl (C=O) groups excluding carboxylic acids is 1. The minimum atomic E-state index is -0.444. The maximum atomic E-state index is 13.6. The van der Waals surface area contributed by atoms with Crippen molar-refractivity contribution >= 4 is 5.91 Å². The van der Waals surface area contributed by atoms with Gasteiger partial charge in [-0.05, 0) is 12.8 Å². The summed E-state index contributed by atoms with van der Waals surface area (Å²) in [6, 6.07) is 9.73. The largest absolute Gasteiger partial charge is 0.341 e. The van der Waals surface area contributed by atoms with Gasteiger partial charge in [-0.15, -0.1) is 0 Å². The molecule has 1 saturated heterocycles. The number of aromatic amines is 1. The summed E-state index contributed by atoms with van der Waals surface area (Å²) in [5, 5.41) is 7.28. The van der Waals surface area contributed by atoms with E-state index in [1.807, 2.05) is 35.2 Å². The number of alkyl halides is 1. The van der Waals surface area contributed by atoms with Crippen LogP contribution in [0.5, 0.6) is 0 Å². The molecule has 5 nitrogen and oxygen atoms in total. The molecule has 138 valence electrons. The normalized spacial score (nSPS) is 24.1. The van der Waals surface area contributed by atoms with E-state index >= 15 is 0 Å². The lowest BCUT2D eigenvalue weighted by atomic mass is 9.88. The minimum absolute atomic E-state index is 0.113. The first-order valence-corrected chi connectivity index (χ1v) is 9.58. The van der Waals surface area contributed by atoms with Gasteiger partial charge < -0.3 is 4.90 Å².